The van der Waals surface area contributed by atoms with Crippen molar-refractivity contribution in [3.63, 3.8) is 0 Å². The molecule has 0 aliphatic carbocycles. The fourth-order valence-electron chi connectivity index (χ4n) is 7.63. The van der Waals surface area contributed by atoms with E-state index in [1.165, 1.54) is 0 Å². The van der Waals surface area contributed by atoms with E-state index < -0.39 is 0 Å². The van der Waals surface area contributed by atoms with Gasteiger partial charge in [-0.15, -0.1) is 0 Å². The maximum Gasteiger partial charge on any atom is 0.227 e. The Kier molecular flexibility index (Phi) is 8.12. The summed E-state index contributed by atoms with van der Waals surface area (Å²) in [6, 6.07) is 74.7. The number of hydrogen-bond donors (Lipinski definition) is 0. The molecule has 0 atom stereocenters. The SMILES string of the molecule is c1ccc(-c2cc(N(c3ccccc3)c3ccccc3)cc(N(c3ccccc3)c3ccc4ccc5ccc6nc(-c7ccccc7)oc6c5c4c3)c2)cc1. The van der Waals surface area contributed by atoms with E-state index in [0.717, 1.165) is 83.5 Å². The smallest absolute Gasteiger partial charge is 0.227 e. The molecule has 0 fully saturated rings. The Morgan fingerprint density at radius 2 is 0.818 bits per heavy atom. The van der Waals surface area contributed by atoms with Crippen molar-refractivity contribution in [1.29, 1.82) is 0 Å². The zero-order valence-electron chi connectivity index (χ0n) is 30.0. The van der Waals surface area contributed by atoms with Crippen LogP contribution in [0.15, 0.2) is 217 Å². The molecule has 1 heterocycles. The second-order valence-electron chi connectivity index (χ2n) is 13.6. The van der Waals surface area contributed by atoms with Crippen LogP contribution in [0.2, 0.25) is 0 Å². The largest absolute Gasteiger partial charge is 0.435 e. The fraction of sp³-hybridized carbons (Fsp3) is 0. The van der Waals surface area contributed by atoms with Gasteiger partial charge in [-0.3, -0.25) is 0 Å². The average Bonchev–Trinajstić information content (AvgIpc) is 3.71. The zero-order valence-corrected chi connectivity index (χ0v) is 30.0. The van der Waals surface area contributed by atoms with Gasteiger partial charge in [-0.05, 0) is 112 Å². The maximum atomic E-state index is 6.61. The third-order valence-corrected chi connectivity index (χ3v) is 10.2. The van der Waals surface area contributed by atoms with Gasteiger partial charge in [0.1, 0.15) is 5.52 Å². The molecule has 0 aliphatic heterocycles. The van der Waals surface area contributed by atoms with Crippen LogP contribution in [0.4, 0.5) is 34.1 Å². The summed E-state index contributed by atoms with van der Waals surface area (Å²) in [5.41, 5.74) is 11.2. The van der Waals surface area contributed by atoms with E-state index in [0.29, 0.717) is 5.89 Å². The second-order valence-corrected chi connectivity index (χ2v) is 13.6. The van der Waals surface area contributed by atoms with Gasteiger partial charge in [0.05, 0.1) is 0 Å². The van der Waals surface area contributed by atoms with Crippen LogP contribution in [0.25, 0.3) is 55.2 Å². The topological polar surface area (TPSA) is 32.5 Å². The summed E-state index contributed by atoms with van der Waals surface area (Å²) in [5.74, 6) is 0.619. The third-order valence-electron chi connectivity index (χ3n) is 10.2. The van der Waals surface area contributed by atoms with Crippen LogP contribution in [-0.4, -0.2) is 4.98 Å². The quantitative estimate of drug-likeness (QED) is 0.147. The Morgan fingerprint density at radius 3 is 1.40 bits per heavy atom. The van der Waals surface area contributed by atoms with Crippen LogP contribution in [0.3, 0.4) is 0 Å². The summed E-state index contributed by atoms with van der Waals surface area (Å²) in [6.45, 7) is 0. The highest BCUT2D eigenvalue weighted by Crippen LogP contribution is 2.44. The molecule has 0 N–H and O–H groups in total. The number of aromatic nitrogens is 1. The maximum absolute atomic E-state index is 6.61. The molecule has 0 unspecified atom stereocenters. The first-order valence-electron chi connectivity index (χ1n) is 18.5. The van der Waals surface area contributed by atoms with E-state index in [2.05, 4.69) is 192 Å². The predicted octanol–water partition coefficient (Wildman–Crippen LogP) is 14.4. The van der Waals surface area contributed by atoms with Crippen molar-refractivity contribution >= 4 is 66.8 Å². The Morgan fingerprint density at radius 1 is 0.345 bits per heavy atom. The molecule has 0 saturated carbocycles. The van der Waals surface area contributed by atoms with Crippen molar-refractivity contribution in [2.24, 2.45) is 0 Å². The molecule has 0 aliphatic rings. The third kappa shape index (κ3) is 6.06. The van der Waals surface area contributed by atoms with E-state index >= 15 is 0 Å². The molecule has 260 valence electrons. The van der Waals surface area contributed by atoms with Crippen molar-refractivity contribution in [3.8, 4) is 22.6 Å². The van der Waals surface area contributed by atoms with Crippen molar-refractivity contribution in [3.05, 3.63) is 212 Å². The number of fused-ring (bicyclic) bond motifs is 5. The van der Waals surface area contributed by atoms with Crippen molar-refractivity contribution in [1.82, 2.24) is 4.98 Å². The van der Waals surface area contributed by atoms with Crippen molar-refractivity contribution in [2.45, 2.75) is 0 Å². The highest BCUT2D eigenvalue weighted by Gasteiger charge is 2.21. The molecule has 0 amide bonds. The predicted molar refractivity (Wildman–Crippen MR) is 229 cm³/mol. The first-order chi connectivity index (χ1) is 27.3. The second kappa shape index (κ2) is 13.8. The number of anilines is 6. The van der Waals surface area contributed by atoms with Crippen LogP contribution in [0.1, 0.15) is 0 Å². The highest BCUT2D eigenvalue weighted by molar-refractivity contribution is 6.18. The Balaban J connectivity index is 1.22. The number of oxazole rings is 1. The molecule has 0 bridgehead atoms. The lowest BCUT2D eigenvalue weighted by atomic mass is 9.99. The van der Waals surface area contributed by atoms with Gasteiger partial charge in [0.25, 0.3) is 0 Å². The van der Waals surface area contributed by atoms with Crippen LogP contribution >= 0.6 is 0 Å². The number of hydrogen-bond acceptors (Lipinski definition) is 4. The van der Waals surface area contributed by atoms with E-state index in [4.69, 9.17) is 9.40 Å². The average molecular weight is 706 g/mol. The molecule has 10 aromatic rings. The lowest BCUT2D eigenvalue weighted by Gasteiger charge is -2.30. The summed E-state index contributed by atoms with van der Waals surface area (Å²) >= 11 is 0. The normalized spacial score (nSPS) is 11.3. The summed E-state index contributed by atoms with van der Waals surface area (Å²) in [4.78, 5) is 9.62. The Labute approximate surface area is 319 Å². The van der Waals surface area contributed by atoms with Gasteiger partial charge < -0.3 is 14.2 Å². The van der Waals surface area contributed by atoms with Gasteiger partial charge in [0.2, 0.25) is 5.89 Å². The van der Waals surface area contributed by atoms with Crippen molar-refractivity contribution in [2.75, 3.05) is 9.80 Å². The number of para-hydroxylation sites is 3. The van der Waals surface area contributed by atoms with Gasteiger partial charge >= 0.3 is 0 Å². The summed E-state index contributed by atoms with van der Waals surface area (Å²) in [7, 11) is 0. The van der Waals surface area contributed by atoms with E-state index in [1.54, 1.807) is 0 Å². The molecule has 4 heteroatoms. The van der Waals surface area contributed by atoms with E-state index in [1.807, 2.05) is 30.3 Å². The molecule has 10 rings (SSSR count). The van der Waals surface area contributed by atoms with Crippen LogP contribution < -0.4 is 9.80 Å². The van der Waals surface area contributed by atoms with E-state index in [9.17, 15) is 0 Å². The van der Waals surface area contributed by atoms with Gasteiger partial charge in [0, 0.05) is 45.1 Å². The first kappa shape index (κ1) is 32.2. The molecule has 1 aromatic heterocycles. The minimum atomic E-state index is 0.619. The molecule has 0 saturated heterocycles. The molecule has 0 spiro atoms. The fourth-order valence-corrected chi connectivity index (χ4v) is 7.63. The van der Waals surface area contributed by atoms with Crippen LogP contribution in [0, 0.1) is 0 Å². The van der Waals surface area contributed by atoms with Crippen LogP contribution in [0.5, 0.6) is 0 Å². The first-order valence-corrected chi connectivity index (χ1v) is 18.5. The summed E-state index contributed by atoms with van der Waals surface area (Å²) in [5, 5.41) is 4.39. The molecule has 55 heavy (non-hydrogen) atoms. The monoisotopic (exact) mass is 705 g/mol. The summed E-state index contributed by atoms with van der Waals surface area (Å²) in [6.07, 6.45) is 0. The van der Waals surface area contributed by atoms with Crippen molar-refractivity contribution < 1.29 is 4.42 Å². The molecule has 9 aromatic carbocycles. The molecule has 0 radical (unpaired) electrons. The van der Waals surface area contributed by atoms with Gasteiger partial charge in [-0.1, -0.05) is 127 Å². The molecular weight excluding hydrogens is 671 g/mol. The molecular formula is C51H35N3O. The van der Waals surface area contributed by atoms with Gasteiger partial charge in [-0.25, -0.2) is 4.98 Å². The summed E-state index contributed by atoms with van der Waals surface area (Å²) < 4.78 is 6.61. The van der Waals surface area contributed by atoms with Gasteiger partial charge in [-0.2, -0.15) is 0 Å². The van der Waals surface area contributed by atoms with Crippen LogP contribution in [-0.2, 0) is 0 Å². The van der Waals surface area contributed by atoms with Gasteiger partial charge in [0.15, 0.2) is 5.58 Å². The zero-order chi connectivity index (χ0) is 36.6. The lowest BCUT2D eigenvalue weighted by Crippen LogP contribution is -2.13. The number of rotatable bonds is 8. The lowest BCUT2D eigenvalue weighted by molar-refractivity contribution is 0.623. The minimum absolute atomic E-state index is 0.619. The van der Waals surface area contributed by atoms with E-state index in [-0.39, 0.29) is 0 Å². The number of nitrogens with zero attached hydrogens (tertiary/aromatic N) is 3. The Hall–Kier alpha value is -7.43. The standard InChI is InChI=1S/C51H35N3O/c1-6-16-36(17-7-1)40-32-45(53(41-20-10-3-11-21-41)42-22-12-4-13-23-42)34-46(33-40)54(43-24-14-5-15-25-43)44-30-28-37-26-27-38-29-31-48-50(49(38)47(37)35-44)55-51(52-48)39-18-8-2-9-19-39/h1-35H. The minimum Gasteiger partial charge on any atom is -0.435 e. The number of benzene rings is 9. The highest BCUT2D eigenvalue weighted by atomic mass is 16.3. The molecule has 4 nitrogen and oxygen atoms in total. The Bertz CT molecular complexity index is 2870.